The molecule has 1 aliphatic rings. The molecule has 0 saturated carbocycles. The molecule has 0 aliphatic carbocycles. The van der Waals surface area contributed by atoms with Gasteiger partial charge in [-0.1, -0.05) is 5.16 Å². The van der Waals surface area contributed by atoms with Crippen LogP contribution in [-0.4, -0.2) is 43.2 Å². The number of nitrogens with one attached hydrogen (secondary N) is 1. The van der Waals surface area contributed by atoms with Crippen molar-refractivity contribution in [1.29, 1.82) is 0 Å². The number of nitrogens with zero attached hydrogens (tertiary/aromatic N) is 7. The highest BCUT2D eigenvalue weighted by atomic mass is 32.1. The topological polar surface area (TPSA) is 106 Å². The van der Waals surface area contributed by atoms with Crippen LogP contribution in [0.3, 0.4) is 0 Å². The smallest absolute Gasteiger partial charge is 0.356 e. The molecular formula is C21H19F3N8OS. The van der Waals surface area contributed by atoms with E-state index in [1.807, 2.05) is 13.0 Å². The third-order valence-corrected chi connectivity index (χ3v) is 6.21. The number of hydrogen-bond acceptors (Lipinski definition) is 10. The van der Waals surface area contributed by atoms with Gasteiger partial charge in [0.2, 0.25) is 5.82 Å². The molecule has 1 N–H and O–H groups in total. The molecule has 176 valence electrons. The minimum Gasteiger partial charge on any atom is -0.356 e. The van der Waals surface area contributed by atoms with Crippen molar-refractivity contribution in [3.8, 4) is 11.4 Å². The molecule has 0 unspecified atom stereocenters. The Bertz CT molecular complexity index is 1270. The van der Waals surface area contributed by atoms with Crippen LogP contribution in [0, 0.1) is 6.92 Å². The first-order chi connectivity index (χ1) is 16.3. The number of anilines is 3. The number of pyridine rings is 1. The van der Waals surface area contributed by atoms with E-state index in [1.165, 1.54) is 12.5 Å². The number of thiazole rings is 1. The lowest BCUT2D eigenvalue weighted by Crippen LogP contribution is -2.35. The van der Waals surface area contributed by atoms with Gasteiger partial charge in [-0.15, -0.1) is 11.3 Å². The number of aryl methyl sites for hydroxylation is 1. The second kappa shape index (κ2) is 8.97. The standard InChI is InChI=1S/C21H19F3N8OS/c1-12-8-26-20(34-12)29-16-7-17(28-11-27-16)32-6-2-3-14(10-32)15-5-4-13(9-25-15)18-30-19(33-31-18)21(22,23)24/h4-5,7-9,11,14H,2-3,6,10H2,1H3,(H,26,27,28,29)/t14-/m0/s1. The van der Waals surface area contributed by atoms with Gasteiger partial charge in [0.1, 0.15) is 18.0 Å². The predicted molar refractivity (Wildman–Crippen MR) is 119 cm³/mol. The van der Waals surface area contributed by atoms with Gasteiger partial charge in [-0.2, -0.15) is 18.2 Å². The van der Waals surface area contributed by atoms with Crippen molar-refractivity contribution in [3.63, 3.8) is 0 Å². The van der Waals surface area contributed by atoms with E-state index in [0.29, 0.717) is 17.9 Å². The zero-order valence-electron chi connectivity index (χ0n) is 18.0. The molecule has 0 spiro atoms. The average molecular weight is 488 g/mol. The van der Waals surface area contributed by atoms with Crippen LogP contribution in [0.1, 0.15) is 35.2 Å². The average Bonchev–Trinajstić information content (AvgIpc) is 3.49. The van der Waals surface area contributed by atoms with Crippen LogP contribution in [0.15, 0.2) is 41.4 Å². The number of rotatable bonds is 5. The summed E-state index contributed by atoms with van der Waals surface area (Å²) >= 11 is 1.55. The molecule has 1 aliphatic heterocycles. The summed E-state index contributed by atoms with van der Waals surface area (Å²) in [7, 11) is 0. The zero-order chi connectivity index (χ0) is 23.7. The molecule has 1 saturated heterocycles. The number of halogens is 3. The van der Waals surface area contributed by atoms with Crippen molar-refractivity contribution >= 4 is 28.1 Å². The fourth-order valence-corrected chi connectivity index (χ4v) is 4.44. The van der Waals surface area contributed by atoms with Crippen LogP contribution in [0.2, 0.25) is 0 Å². The quantitative estimate of drug-likeness (QED) is 0.423. The second-order valence-electron chi connectivity index (χ2n) is 7.84. The SMILES string of the molecule is Cc1cnc(Nc2cc(N3CCC[C@H](c4ccc(-c5noc(C(F)(F)F)n5)cn4)C3)ncn2)s1. The minimum atomic E-state index is -4.68. The molecule has 13 heteroatoms. The molecule has 1 atom stereocenters. The Morgan fingerprint density at radius 1 is 1.15 bits per heavy atom. The highest BCUT2D eigenvalue weighted by Gasteiger charge is 2.38. The Hall–Kier alpha value is -3.61. The maximum atomic E-state index is 12.7. The Labute approximate surface area is 196 Å². The summed E-state index contributed by atoms with van der Waals surface area (Å²) in [5.41, 5.74) is 1.21. The van der Waals surface area contributed by atoms with Crippen LogP contribution >= 0.6 is 11.3 Å². The maximum absolute atomic E-state index is 12.7. The van der Waals surface area contributed by atoms with Gasteiger partial charge in [0.25, 0.3) is 0 Å². The zero-order valence-corrected chi connectivity index (χ0v) is 18.8. The number of aromatic nitrogens is 6. The predicted octanol–water partition coefficient (Wildman–Crippen LogP) is 4.83. The summed E-state index contributed by atoms with van der Waals surface area (Å²) in [4.78, 5) is 24.2. The molecule has 5 heterocycles. The van der Waals surface area contributed by atoms with Crippen LogP contribution in [0.5, 0.6) is 0 Å². The largest absolute Gasteiger partial charge is 0.471 e. The van der Waals surface area contributed by atoms with Gasteiger partial charge < -0.3 is 14.7 Å². The van der Waals surface area contributed by atoms with E-state index in [9.17, 15) is 13.2 Å². The summed E-state index contributed by atoms with van der Waals surface area (Å²) in [6.45, 7) is 3.55. The summed E-state index contributed by atoms with van der Waals surface area (Å²) < 4.78 is 42.4. The van der Waals surface area contributed by atoms with Gasteiger partial charge in [-0.3, -0.25) is 4.98 Å². The molecule has 0 bridgehead atoms. The van der Waals surface area contributed by atoms with Crippen molar-refractivity contribution in [2.75, 3.05) is 23.3 Å². The lowest BCUT2D eigenvalue weighted by molar-refractivity contribution is -0.159. The molecule has 5 rings (SSSR count). The normalized spacial score (nSPS) is 16.6. The Balaban J connectivity index is 1.28. The van der Waals surface area contributed by atoms with E-state index < -0.39 is 12.1 Å². The molecule has 4 aromatic heterocycles. The number of hydrogen-bond donors (Lipinski definition) is 1. The fourth-order valence-electron chi connectivity index (χ4n) is 3.77. The van der Waals surface area contributed by atoms with Crippen LogP contribution < -0.4 is 10.2 Å². The third-order valence-electron chi connectivity index (χ3n) is 5.39. The summed E-state index contributed by atoms with van der Waals surface area (Å²) in [6, 6.07) is 5.35. The Morgan fingerprint density at radius 2 is 2.03 bits per heavy atom. The molecule has 4 aromatic rings. The summed E-state index contributed by atoms with van der Waals surface area (Å²) in [5, 5.41) is 7.39. The highest BCUT2D eigenvalue weighted by molar-refractivity contribution is 7.15. The van der Waals surface area contributed by atoms with Gasteiger partial charge in [-0.05, 0) is 31.9 Å². The molecule has 0 radical (unpaired) electrons. The Kier molecular flexibility index (Phi) is 5.86. The minimum absolute atomic E-state index is 0.145. The van der Waals surface area contributed by atoms with E-state index in [-0.39, 0.29) is 11.7 Å². The molecular weight excluding hydrogens is 469 g/mol. The molecule has 0 amide bonds. The van der Waals surface area contributed by atoms with Gasteiger partial charge in [0, 0.05) is 53.6 Å². The second-order valence-corrected chi connectivity index (χ2v) is 9.08. The molecule has 9 nitrogen and oxygen atoms in total. The fraction of sp³-hybridized carbons (Fsp3) is 0.333. The van der Waals surface area contributed by atoms with Gasteiger partial charge in [-0.25, -0.2) is 15.0 Å². The summed E-state index contributed by atoms with van der Waals surface area (Å²) in [6.07, 6.45) is 2.01. The van der Waals surface area contributed by atoms with Crippen molar-refractivity contribution in [1.82, 2.24) is 30.1 Å². The van der Waals surface area contributed by atoms with Gasteiger partial charge in [0.15, 0.2) is 5.13 Å². The Morgan fingerprint density at radius 3 is 2.74 bits per heavy atom. The maximum Gasteiger partial charge on any atom is 0.471 e. The number of piperidine rings is 1. The van der Waals surface area contributed by atoms with Crippen LogP contribution in [0.25, 0.3) is 11.4 Å². The first kappa shape index (κ1) is 22.2. The lowest BCUT2D eigenvalue weighted by Gasteiger charge is -2.33. The van der Waals surface area contributed by atoms with Gasteiger partial charge in [0.05, 0.1) is 0 Å². The van der Waals surface area contributed by atoms with Crippen LogP contribution in [0.4, 0.5) is 29.9 Å². The number of alkyl halides is 3. The van der Waals surface area contributed by atoms with Gasteiger partial charge >= 0.3 is 12.1 Å². The molecule has 34 heavy (non-hydrogen) atoms. The van der Waals surface area contributed by atoms with Crippen molar-refractivity contribution in [2.24, 2.45) is 0 Å². The van der Waals surface area contributed by atoms with Crippen LogP contribution in [-0.2, 0) is 6.18 Å². The van der Waals surface area contributed by atoms with E-state index in [2.05, 4.69) is 44.8 Å². The van der Waals surface area contributed by atoms with E-state index in [4.69, 9.17) is 0 Å². The summed E-state index contributed by atoms with van der Waals surface area (Å²) in [5.74, 6) is 0.0962. The van der Waals surface area contributed by atoms with Crippen molar-refractivity contribution < 1.29 is 17.7 Å². The van der Waals surface area contributed by atoms with Crippen molar-refractivity contribution in [3.05, 3.63) is 53.4 Å². The molecule has 1 fully saturated rings. The van der Waals surface area contributed by atoms with E-state index >= 15 is 0 Å². The lowest BCUT2D eigenvalue weighted by atomic mass is 9.94. The highest BCUT2D eigenvalue weighted by Crippen LogP contribution is 2.32. The van der Waals surface area contributed by atoms with E-state index in [1.54, 1.807) is 29.7 Å². The molecule has 0 aromatic carbocycles. The van der Waals surface area contributed by atoms with E-state index in [0.717, 1.165) is 40.9 Å². The monoisotopic (exact) mass is 488 g/mol. The van der Waals surface area contributed by atoms with Crippen molar-refractivity contribution in [2.45, 2.75) is 31.9 Å². The third kappa shape index (κ3) is 4.83. The first-order valence-corrected chi connectivity index (χ1v) is 11.3. The first-order valence-electron chi connectivity index (χ1n) is 10.5.